The van der Waals surface area contributed by atoms with Crippen LogP contribution >= 0.6 is 0 Å². The summed E-state index contributed by atoms with van der Waals surface area (Å²) in [5.41, 5.74) is 1.67. The first-order valence-corrected chi connectivity index (χ1v) is 9.66. The van der Waals surface area contributed by atoms with Crippen molar-refractivity contribution in [2.45, 2.75) is 25.8 Å². The van der Waals surface area contributed by atoms with Crippen molar-refractivity contribution in [3.63, 3.8) is 0 Å². The summed E-state index contributed by atoms with van der Waals surface area (Å²) in [5, 5.41) is 0. The number of carbonyl (C=O) groups is 2. The summed E-state index contributed by atoms with van der Waals surface area (Å²) in [6.45, 7) is 2.74. The Bertz CT molecular complexity index is 883. The highest BCUT2D eigenvalue weighted by Gasteiger charge is 2.45. The molecule has 28 heavy (non-hydrogen) atoms. The average molecular weight is 382 g/mol. The van der Waals surface area contributed by atoms with Gasteiger partial charge in [-0.15, -0.1) is 0 Å². The number of aryl methyl sites for hydroxylation is 1. The monoisotopic (exact) mass is 382 g/mol. The first-order chi connectivity index (χ1) is 13.5. The number of piperidine rings is 1. The molecule has 2 aliphatic heterocycles. The van der Waals surface area contributed by atoms with Crippen molar-refractivity contribution in [2.24, 2.45) is 12.5 Å². The van der Waals surface area contributed by atoms with E-state index in [9.17, 15) is 9.59 Å². The largest absolute Gasteiger partial charge is 0.497 e. The van der Waals surface area contributed by atoms with Crippen LogP contribution in [0.15, 0.2) is 36.8 Å². The van der Waals surface area contributed by atoms with Crippen LogP contribution in [0.5, 0.6) is 5.75 Å². The first kappa shape index (κ1) is 18.5. The van der Waals surface area contributed by atoms with E-state index in [2.05, 4.69) is 4.98 Å². The number of rotatable bonds is 4. The normalized spacial score (nSPS) is 18.7. The maximum atomic E-state index is 12.7. The minimum absolute atomic E-state index is 0.0147. The van der Waals surface area contributed by atoms with Gasteiger partial charge in [0.2, 0.25) is 5.91 Å². The lowest BCUT2D eigenvalue weighted by atomic mass is 9.77. The maximum Gasteiger partial charge on any atom is 0.272 e. The number of amides is 2. The number of methoxy groups -OCH3 is 1. The van der Waals surface area contributed by atoms with Gasteiger partial charge >= 0.3 is 0 Å². The molecule has 7 heteroatoms. The molecular formula is C21H26N4O3. The molecule has 1 spiro atoms. The van der Waals surface area contributed by atoms with E-state index >= 15 is 0 Å². The zero-order valence-electron chi connectivity index (χ0n) is 16.4. The lowest BCUT2D eigenvalue weighted by molar-refractivity contribution is -0.128. The number of aromatic nitrogens is 2. The zero-order chi connectivity index (χ0) is 19.7. The second-order valence-corrected chi connectivity index (χ2v) is 7.96. The molecule has 0 radical (unpaired) electrons. The maximum absolute atomic E-state index is 12.7. The third kappa shape index (κ3) is 3.48. The number of imidazole rings is 1. The highest BCUT2D eigenvalue weighted by Crippen LogP contribution is 2.41. The van der Waals surface area contributed by atoms with Crippen LogP contribution in [0.25, 0.3) is 0 Å². The van der Waals surface area contributed by atoms with Crippen LogP contribution < -0.4 is 4.74 Å². The summed E-state index contributed by atoms with van der Waals surface area (Å²) in [6.07, 6.45) is 5.55. The molecule has 3 heterocycles. The van der Waals surface area contributed by atoms with E-state index in [0.717, 1.165) is 30.7 Å². The van der Waals surface area contributed by atoms with Gasteiger partial charge in [-0.3, -0.25) is 9.59 Å². The van der Waals surface area contributed by atoms with Crippen LogP contribution in [-0.2, 0) is 18.4 Å². The van der Waals surface area contributed by atoms with Crippen LogP contribution in [-0.4, -0.2) is 57.9 Å². The quantitative estimate of drug-likeness (QED) is 0.812. The minimum Gasteiger partial charge on any atom is -0.497 e. The predicted octanol–water partition coefficient (Wildman–Crippen LogP) is 2.08. The van der Waals surface area contributed by atoms with Crippen LogP contribution in [0.2, 0.25) is 0 Å². The summed E-state index contributed by atoms with van der Waals surface area (Å²) in [4.78, 5) is 33.2. The number of nitrogens with zero attached hydrogens (tertiary/aromatic N) is 4. The third-order valence-electron chi connectivity index (χ3n) is 6.06. The predicted molar refractivity (Wildman–Crippen MR) is 104 cm³/mol. The van der Waals surface area contributed by atoms with Crippen molar-refractivity contribution in [3.05, 3.63) is 48.0 Å². The molecule has 4 rings (SSSR count). The van der Waals surface area contributed by atoms with Gasteiger partial charge in [0, 0.05) is 45.1 Å². The lowest BCUT2D eigenvalue weighted by Gasteiger charge is -2.38. The fourth-order valence-corrected chi connectivity index (χ4v) is 4.36. The highest BCUT2D eigenvalue weighted by molar-refractivity contribution is 5.92. The molecular weight excluding hydrogens is 356 g/mol. The second kappa shape index (κ2) is 7.30. The standard InChI is InChI=1S/C21H26N4O3/c1-23-15-22-12-18(23)20(27)24-8-6-21(7-9-24)11-19(26)25(14-21)13-16-4-3-5-17(10-16)28-2/h3-5,10,12,15H,6-9,11,13-14H2,1-2H3. The Morgan fingerprint density at radius 3 is 2.75 bits per heavy atom. The van der Waals surface area contributed by atoms with Gasteiger partial charge in [0.15, 0.2) is 0 Å². The Balaban J connectivity index is 1.39. The van der Waals surface area contributed by atoms with Crippen LogP contribution in [0, 0.1) is 5.41 Å². The Kier molecular flexibility index (Phi) is 4.83. The first-order valence-electron chi connectivity index (χ1n) is 9.66. The van der Waals surface area contributed by atoms with Crippen LogP contribution in [0.4, 0.5) is 0 Å². The molecule has 2 fully saturated rings. The van der Waals surface area contributed by atoms with Crippen molar-refractivity contribution in [1.29, 1.82) is 0 Å². The fraction of sp³-hybridized carbons (Fsp3) is 0.476. The topological polar surface area (TPSA) is 67.7 Å². The molecule has 1 aromatic heterocycles. The van der Waals surface area contributed by atoms with E-state index in [1.807, 2.05) is 41.1 Å². The summed E-state index contributed by atoms with van der Waals surface area (Å²) in [5.74, 6) is 1.03. The van der Waals surface area contributed by atoms with E-state index in [1.165, 1.54) is 0 Å². The van der Waals surface area contributed by atoms with Crippen LogP contribution in [0.1, 0.15) is 35.3 Å². The molecule has 0 bridgehead atoms. The molecule has 7 nitrogen and oxygen atoms in total. The molecule has 2 aromatic rings. The van der Waals surface area contributed by atoms with Gasteiger partial charge in [-0.25, -0.2) is 4.98 Å². The number of carbonyl (C=O) groups excluding carboxylic acids is 2. The second-order valence-electron chi connectivity index (χ2n) is 7.96. The molecule has 0 aliphatic carbocycles. The van der Waals surface area contributed by atoms with Crippen molar-refractivity contribution in [3.8, 4) is 5.75 Å². The van der Waals surface area contributed by atoms with Crippen molar-refractivity contribution < 1.29 is 14.3 Å². The molecule has 0 N–H and O–H groups in total. The Morgan fingerprint density at radius 1 is 1.29 bits per heavy atom. The third-order valence-corrected chi connectivity index (χ3v) is 6.06. The summed E-state index contributed by atoms with van der Waals surface area (Å²) >= 11 is 0. The van der Waals surface area contributed by atoms with Gasteiger partial charge in [0.05, 0.1) is 19.6 Å². The van der Waals surface area contributed by atoms with Gasteiger partial charge in [-0.05, 0) is 30.5 Å². The fourth-order valence-electron chi connectivity index (χ4n) is 4.36. The molecule has 2 aliphatic rings. The van der Waals surface area contributed by atoms with E-state index < -0.39 is 0 Å². The lowest BCUT2D eigenvalue weighted by Crippen LogP contribution is -2.44. The van der Waals surface area contributed by atoms with E-state index in [-0.39, 0.29) is 17.2 Å². The molecule has 0 unspecified atom stereocenters. The SMILES string of the molecule is COc1cccc(CN2CC3(CCN(C(=O)c4cncn4C)CC3)CC2=O)c1. The molecule has 1 aromatic carbocycles. The van der Waals surface area contributed by atoms with Gasteiger partial charge in [0.1, 0.15) is 11.4 Å². The average Bonchev–Trinajstić information content (AvgIpc) is 3.25. The Hall–Kier alpha value is -2.83. The number of ether oxygens (including phenoxy) is 1. The minimum atomic E-state index is -0.0147. The number of hydrogen-bond acceptors (Lipinski definition) is 4. The van der Waals surface area contributed by atoms with Crippen LogP contribution in [0.3, 0.4) is 0 Å². The number of likely N-dealkylation sites (tertiary alicyclic amines) is 2. The molecule has 0 saturated carbocycles. The van der Waals surface area contributed by atoms with Gasteiger partial charge in [0.25, 0.3) is 5.91 Å². The highest BCUT2D eigenvalue weighted by atomic mass is 16.5. The number of benzene rings is 1. The smallest absolute Gasteiger partial charge is 0.272 e. The van der Waals surface area contributed by atoms with E-state index in [0.29, 0.717) is 31.7 Å². The Morgan fingerprint density at radius 2 is 2.07 bits per heavy atom. The Labute approximate surface area is 164 Å². The van der Waals surface area contributed by atoms with Gasteiger partial charge < -0.3 is 19.1 Å². The van der Waals surface area contributed by atoms with Gasteiger partial charge in [-0.1, -0.05) is 12.1 Å². The zero-order valence-corrected chi connectivity index (χ0v) is 16.4. The van der Waals surface area contributed by atoms with Crippen molar-refractivity contribution >= 4 is 11.8 Å². The van der Waals surface area contributed by atoms with Crippen molar-refractivity contribution in [2.75, 3.05) is 26.7 Å². The van der Waals surface area contributed by atoms with E-state index in [1.54, 1.807) is 24.2 Å². The van der Waals surface area contributed by atoms with Gasteiger partial charge in [-0.2, -0.15) is 0 Å². The summed E-state index contributed by atoms with van der Waals surface area (Å²) in [7, 11) is 3.48. The number of hydrogen-bond donors (Lipinski definition) is 0. The molecule has 2 amide bonds. The summed E-state index contributed by atoms with van der Waals surface area (Å²) < 4.78 is 7.03. The molecule has 0 atom stereocenters. The summed E-state index contributed by atoms with van der Waals surface area (Å²) in [6, 6.07) is 7.86. The van der Waals surface area contributed by atoms with Crippen molar-refractivity contribution in [1.82, 2.24) is 19.4 Å². The molecule has 2 saturated heterocycles. The molecule has 148 valence electrons. The van der Waals surface area contributed by atoms with E-state index in [4.69, 9.17) is 4.74 Å².